The van der Waals surface area contributed by atoms with Crippen LogP contribution in [0.1, 0.15) is 5.69 Å². The average Bonchev–Trinajstić information content (AvgIpc) is 2.38. The fourth-order valence-corrected chi connectivity index (χ4v) is 2.16. The second-order valence-corrected chi connectivity index (χ2v) is 4.63. The Balaban J connectivity index is 2.68. The molecule has 0 atom stereocenters. The molecule has 0 aliphatic carbocycles. The smallest absolute Gasteiger partial charge is 0.434 e. The van der Waals surface area contributed by atoms with Gasteiger partial charge in [-0.1, -0.05) is 23.2 Å². The van der Waals surface area contributed by atoms with Gasteiger partial charge in [-0.25, -0.2) is 14.4 Å². The third-order valence-corrected chi connectivity index (χ3v) is 3.21. The second kappa shape index (κ2) is 5.65. The molecular formula is C12H6Cl2F4N2O. The van der Waals surface area contributed by atoms with Crippen molar-refractivity contribution in [2.45, 2.75) is 6.18 Å². The van der Waals surface area contributed by atoms with E-state index in [9.17, 15) is 17.6 Å². The van der Waals surface area contributed by atoms with Gasteiger partial charge in [-0.3, -0.25) is 0 Å². The number of nitrogens with zero attached hydrogens (tertiary/aromatic N) is 2. The molecule has 1 aromatic carbocycles. The largest absolute Gasteiger partial charge is 0.495 e. The lowest BCUT2D eigenvalue weighted by molar-refractivity contribution is -0.141. The highest BCUT2D eigenvalue weighted by molar-refractivity contribution is 6.34. The van der Waals surface area contributed by atoms with Crippen LogP contribution < -0.4 is 4.74 Å². The maximum atomic E-state index is 13.9. The van der Waals surface area contributed by atoms with Gasteiger partial charge in [0, 0.05) is 5.56 Å². The summed E-state index contributed by atoms with van der Waals surface area (Å²) >= 11 is 11.4. The van der Waals surface area contributed by atoms with Gasteiger partial charge in [-0.05, 0) is 12.1 Å². The molecule has 9 heteroatoms. The minimum Gasteiger partial charge on any atom is -0.495 e. The molecule has 0 saturated carbocycles. The molecule has 0 radical (unpaired) electrons. The van der Waals surface area contributed by atoms with Crippen molar-refractivity contribution in [3.63, 3.8) is 0 Å². The zero-order valence-electron chi connectivity index (χ0n) is 10.3. The van der Waals surface area contributed by atoms with Gasteiger partial charge < -0.3 is 4.74 Å². The Morgan fingerprint density at radius 3 is 2.38 bits per heavy atom. The van der Waals surface area contributed by atoms with Gasteiger partial charge in [0.05, 0.1) is 22.8 Å². The van der Waals surface area contributed by atoms with E-state index in [0.717, 1.165) is 12.1 Å². The lowest BCUT2D eigenvalue weighted by Gasteiger charge is -2.12. The highest BCUT2D eigenvalue weighted by Crippen LogP contribution is 2.39. The zero-order valence-corrected chi connectivity index (χ0v) is 11.8. The topological polar surface area (TPSA) is 35.0 Å². The zero-order chi connectivity index (χ0) is 15.8. The summed E-state index contributed by atoms with van der Waals surface area (Å²) in [5.41, 5.74) is -2.01. The number of halogens is 6. The van der Waals surface area contributed by atoms with E-state index in [1.807, 2.05) is 0 Å². The Labute approximate surface area is 126 Å². The van der Waals surface area contributed by atoms with E-state index in [0.29, 0.717) is 6.33 Å². The third-order valence-electron chi connectivity index (χ3n) is 2.55. The lowest BCUT2D eigenvalue weighted by Crippen LogP contribution is -2.10. The molecule has 0 saturated heterocycles. The van der Waals surface area contributed by atoms with Crippen molar-refractivity contribution in [2.24, 2.45) is 0 Å². The van der Waals surface area contributed by atoms with E-state index >= 15 is 0 Å². The van der Waals surface area contributed by atoms with Crippen molar-refractivity contribution in [2.75, 3.05) is 7.11 Å². The Morgan fingerprint density at radius 1 is 1.14 bits per heavy atom. The number of benzene rings is 1. The number of rotatable bonds is 2. The molecule has 2 aromatic rings. The molecule has 0 aliphatic heterocycles. The average molecular weight is 341 g/mol. The molecule has 2 rings (SSSR count). The maximum Gasteiger partial charge on any atom is 0.434 e. The van der Waals surface area contributed by atoms with Crippen LogP contribution in [0.3, 0.4) is 0 Å². The summed E-state index contributed by atoms with van der Waals surface area (Å²) in [6, 6.07) is 2.02. The first-order chi connectivity index (χ1) is 9.75. The van der Waals surface area contributed by atoms with Gasteiger partial charge in [0.1, 0.15) is 17.9 Å². The number of hydrogen-bond donors (Lipinski definition) is 0. The summed E-state index contributed by atoms with van der Waals surface area (Å²) in [5.74, 6) is -0.800. The summed E-state index contributed by atoms with van der Waals surface area (Å²) in [5, 5.41) is -0.826. The molecule has 0 amide bonds. The van der Waals surface area contributed by atoms with Crippen molar-refractivity contribution in [3.8, 4) is 17.0 Å². The fraction of sp³-hybridized carbons (Fsp3) is 0.167. The van der Waals surface area contributed by atoms with Gasteiger partial charge in [-0.15, -0.1) is 0 Å². The fourth-order valence-electron chi connectivity index (χ4n) is 1.62. The van der Waals surface area contributed by atoms with Crippen molar-refractivity contribution >= 4 is 23.2 Å². The van der Waals surface area contributed by atoms with Crippen LogP contribution in [0, 0.1) is 5.82 Å². The van der Waals surface area contributed by atoms with Crippen LogP contribution in [0.4, 0.5) is 17.6 Å². The van der Waals surface area contributed by atoms with Crippen LogP contribution in [0.5, 0.6) is 5.75 Å². The monoisotopic (exact) mass is 340 g/mol. The quantitative estimate of drug-likeness (QED) is 0.748. The second-order valence-electron chi connectivity index (χ2n) is 3.85. The van der Waals surface area contributed by atoms with Gasteiger partial charge in [-0.2, -0.15) is 13.2 Å². The van der Waals surface area contributed by atoms with Gasteiger partial charge in [0.2, 0.25) is 0 Å². The van der Waals surface area contributed by atoms with E-state index in [4.69, 9.17) is 27.9 Å². The minimum absolute atomic E-state index is 0.0278. The summed E-state index contributed by atoms with van der Waals surface area (Å²) in [7, 11) is 1.28. The molecular weight excluding hydrogens is 335 g/mol. The standard InChI is InChI=1S/C12H6Cl2F4N2O/c1-21-8-2-5(7(15)3-6(8)13)10-9(14)11(12(16,17)18)20-4-19-10/h2-4H,1H3. The van der Waals surface area contributed by atoms with E-state index in [2.05, 4.69) is 9.97 Å². The van der Waals surface area contributed by atoms with Crippen LogP contribution in [0.15, 0.2) is 18.5 Å². The first kappa shape index (κ1) is 15.8. The third kappa shape index (κ3) is 3.03. The predicted molar refractivity (Wildman–Crippen MR) is 69.0 cm³/mol. The Morgan fingerprint density at radius 2 is 1.81 bits per heavy atom. The van der Waals surface area contributed by atoms with E-state index < -0.39 is 28.4 Å². The molecule has 0 unspecified atom stereocenters. The number of hydrogen-bond acceptors (Lipinski definition) is 3. The lowest BCUT2D eigenvalue weighted by atomic mass is 10.1. The molecule has 112 valence electrons. The molecule has 0 N–H and O–H groups in total. The Hall–Kier alpha value is -1.60. The summed E-state index contributed by atoms with van der Waals surface area (Å²) in [4.78, 5) is 6.68. The van der Waals surface area contributed by atoms with Crippen LogP contribution in [-0.4, -0.2) is 17.1 Å². The van der Waals surface area contributed by atoms with Crippen LogP contribution in [0.25, 0.3) is 11.3 Å². The van der Waals surface area contributed by atoms with Crippen molar-refractivity contribution < 1.29 is 22.3 Å². The molecule has 21 heavy (non-hydrogen) atoms. The Kier molecular flexibility index (Phi) is 4.25. The molecule has 0 spiro atoms. The summed E-state index contributed by atoms with van der Waals surface area (Å²) in [6.45, 7) is 0. The first-order valence-corrected chi connectivity index (χ1v) is 6.12. The number of ether oxygens (including phenoxy) is 1. The van der Waals surface area contributed by atoms with Crippen molar-refractivity contribution in [1.82, 2.24) is 9.97 Å². The molecule has 3 nitrogen and oxygen atoms in total. The summed E-state index contributed by atoms with van der Waals surface area (Å²) < 4.78 is 57.0. The highest BCUT2D eigenvalue weighted by atomic mass is 35.5. The molecule has 0 fully saturated rings. The Bertz CT molecular complexity index is 692. The van der Waals surface area contributed by atoms with Gasteiger partial charge >= 0.3 is 6.18 Å². The van der Waals surface area contributed by atoms with Crippen LogP contribution >= 0.6 is 23.2 Å². The van der Waals surface area contributed by atoms with Crippen LogP contribution in [-0.2, 0) is 6.18 Å². The van der Waals surface area contributed by atoms with Gasteiger partial charge in [0.15, 0.2) is 5.69 Å². The highest BCUT2D eigenvalue weighted by Gasteiger charge is 2.37. The number of methoxy groups -OCH3 is 1. The molecule has 1 heterocycles. The molecule has 0 aliphatic rings. The number of aromatic nitrogens is 2. The SMILES string of the molecule is COc1cc(-c2ncnc(C(F)(F)F)c2Cl)c(F)cc1Cl. The maximum absolute atomic E-state index is 13.9. The predicted octanol–water partition coefficient (Wildman–Crippen LogP) is 4.62. The number of alkyl halides is 3. The molecule has 0 bridgehead atoms. The van der Waals surface area contributed by atoms with Crippen molar-refractivity contribution in [1.29, 1.82) is 0 Å². The van der Waals surface area contributed by atoms with E-state index in [1.165, 1.54) is 7.11 Å². The normalized spacial score (nSPS) is 11.6. The van der Waals surface area contributed by atoms with Crippen molar-refractivity contribution in [3.05, 3.63) is 40.0 Å². The minimum atomic E-state index is -4.78. The van der Waals surface area contributed by atoms with Gasteiger partial charge in [0.25, 0.3) is 0 Å². The first-order valence-electron chi connectivity index (χ1n) is 5.36. The van der Waals surface area contributed by atoms with E-state index in [1.54, 1.807) is 0 Å². The van der Waals surface area contributed by atoms with E-state index in [-0.39, 0.29) is 16.3 Å². The van der Waals surface area contributed by atoms with Crippen LogP contribution in [0.2, 0.25) is 10.0 Å². The summed E-state index contributed by atoms with van der Waals surface area (Å²) in [6.07, 6.45) is -4.12. The molecule has 1 aromatic heterocycles.